The predicted octanol–water partition coefficient (Wildman–Crippen LogP) is 9.46. The van der Waals surface area contributed by atoms with Gasteiger partial charge in [0.05, 0.1) is 0 Å². The van der Waals surface area contributed by atoms with Gasteiger partial charge in [-0.2, -0.15) is 0 Å². The van der Waals surface area contributed by atoms with Gasteiger partial charge in [0.2, 0.25) is 0 Å². The van der Waals surface area contributed by atoms with Gasteiger partial charge in [-0.15, -0.1) is 11.8 Å². The van der Waals surface area contributed by atoms with Crippen molar-refractivity contribution >= 4 is 17.8 Å². The van der Waals surface area contributed by atoms with Crippen LogP contribution in [0, 0.1) is 11.8 Å². The van der Waals surface area contributed by atoms with E-state index in [0.717, 1.165) is 63.3 Å². The second-order valence-electron chi connectivity index (χ2n) is 13.1. The second-order valence-corrected chi connectivity index (χ2v) is 14.9. The van der Waals surface area contributed by atoms with Crippen LogP contribution < -0.4 is 4.74 Å². The molecule has 0 spiro atoms. The van der Waals surface area contributed by atoms with E-state index in [0.29, 0.717) is 0 Å². The fraction of sp³-hybridized carbons (Fsp3) is 0.622. The third-order valence-electron chi connectivity index (χ3n) is 8.70. The lowest BCUT2D eigenvalue weighted by Crippen LogP contribution is -2.45. The summed E-state index contributed by atoms with van der Waals surface area (Å²) in [7, 11) is 2.20. The Bertz CT molecular complexity index is 993. The molecule has 2 aromatic rings. The van der Waals surface area contributed by atoms with Gasteiger partial charge in [0.25, 0.3) is 0 Å². The molecular weight excluding hydrogens is 520 g/mol. The Hall–Kier alpha value is -1.75. The SMILES string of the molecule is CCC(C)CCCC(C)CCCC(C)(C)Sc1ccc(/C=C/Cc2ccc(OCCN3CCN(C)CC3)cc2)cc1. The number of hydrogen-bond donors (Lipinski definition) is 0. The minimum absolute atomic E-state index is 0.272. The molecule has 4 heteroatoms. The van der Waals surface area contributed by atoms with Gasteiger partial charge < -0.3 is 9.64 Å². The summed E-state index contributed by atoms with van der Waals surface area (Å²) in [5.41, 5.74) is 2.58. The average Bonchev–Trinajstić information content (AvgIpc) is 2.95. The van der Waals surface area contributed by atoms with Crippen molar-refractivity contribution in [1.29, 1.82) is 0 Å². The number of likely N-dealkylation sites (N-methyl/N-ethyl adjacent to an activating group) is 1. The quantitative estimate of drug-likeness (QED) is 0.164. The Morgan fingerprint density at radius 1 is 0.878 bits per heavy atom. The molecule has 0 aromatic heterocycles. The molecule has 1 aliphatic heterocycles. The van der Waals surface area contributed by atoms with Crippen LogP contribution >= 0.6 is 11.8 Å². The van der Waals surface area contributed by atoms with Crippen LogP contribution in [0.25, 0.3) is 6.08 Å². The fourth-order valence-corrected chi connectivity index (χ4v) is 6.63. The second kappa shape index (κ2) is 18.0. The molecule has 0 aliphatic carbocycles. The number of rotatable bonds is 18. The van der Waals surface area contributed by atoms with E-state index in [-0.39, 0.29) is 4.75 Å². The smallest absolute Gasteiger partial charge is 0.119 e. The normalized spacial score (nSPS) is 16.7. The first-order valence-electron chi connectivity index (χ1n) is 16.3. The number of benzene rings is 2. The number of allylic oxidation sites excluding steroid dienone is 1. The molecule has 0 bridgehead atoms. The van der Waals surface area contributed by atoms with Crippen molar-refractivity contribution in [1.82, 2.24) is 9.80 Å². The van der Waals surface area contributed by atoms with Gasteiger partial charge >= 0.3 is 0 Å². The van der Waals surface area contributed by atoms with Gasteiger partial charge in [-0.25, -0.2) is 0 Å². The molecular formula is C37H58N2OS. The molecule has 2 unspecified atom stereocenters. The van der Waals surface area contributed by atoms with E-state index in [1.54, 1.807) is 0 Å². The third-order valence-corrected chi connectivity index (χ3v) is 9.96. The van der Waals surface area contributed by atoms with Gasteiger partial charge in [-0.05, 0) is 67.1 Å². The molecule has 0 amide bonds. The van der Waals surface area contributed by atoms with Crippen LogP contribution in [0.4, 0.5) is 0 Å². The van der Waals surface area contributed by atoms with Crippen molar-refractivity contribution in [3.05, 3.63) is 65.7 Å². The minimum Gasteiger partial charge on any atom is -0.492 e. The van der Waals surface area contributed by atoms with Crippen molar-refractivity contribution in [2.24, 2.45) is 11.8 Å². The molecule has 2 aromatic carbocycles. The summed E-state index contributed by atoms with van der Waals surface area (Å²) in [6.07, 6.45) is 14.9. The van der Waals surface area contributed by atoms with E-state index in [1.165, 1.54) is 61.0 Å². The van der Waals surface area contributed by atoms with Crippen LogP contribution in [0.15, 0.2) is 59.5 Å². The van der Waals surface area contributed by atoms with Gasteiger partial charge in [-0.3, -0.25) is 4.90 Å². The molecule has 2 atom stereocenters. The van der Waals surface area contributed by atoms with Crippen LogP contribution in [0.3, 0.4) is 0 Å². The molecule has 1 heterocycles. The Balaban J connectivity index is 1.32. The Morgan fingerprint density at radius 2 is 1.54 bits per heavy atom. The monoisotopic (exact) mass is 578 g/mol. The zero-order valence-corrected chi connectivity index (χ0v) is 27.9. The maximum absolute atomic E-state index is 5.99. The van der Waals surface area contributed by atoms with Crippen LogP contribution in [0.2, 0.25) is 0 Å². The van der Waals surface area contributed by atoms with Gasteiger partial charge in [0.15, 0.2) is 0 Å². The highest BCUT2D eigenvalue weighted by Crippen LogP contribution is 2.37. The van der Waals surface area contributed by atoms with Crippen molar-refractivity contribution in [2.75, 3.05) is 46.4 Å². The highest BCUT2D eigenvalue weighted by molar-refractivity contribution is 8.00. The average molecular weight is 579 g/mol. The standard InChI is InChI=1S/C37H58N2OS/c1-7-31(2)11-8-12-32(3)13-10-24-37(4,5)41-36-22-18-34(19-23-36)15-9-14-33-16-20-35(21-17-33)40-30-29-39-27-25-38(6)26-28-39/h9,15-23,31-32H,7-8,10-14,24-30H2,1-6H3/b15-9+. The lowest BCUT2D eigenvalue weighted by Gasteiger charge is -2.32. The maximum atomic E-state index is 5.99. The minimum atomic E-state index is 0.272. The lowest BCUT2D eigenvalue weighted by atomic mass is 9.93. The van der Waals surface area contributed by atoms with Crippen LogP contribution in [0.1, 0.15) is 90.7 Å². The number of hydrogen-bond acceptors (Lipinski definition) is 4. The number of ether oxygens (including phenoxy) is 1. The topological polar surface area (TPSA) is 15.7 Å². The van der Waals surface area contributed by atoms with E-state index in [9.17, 15) is 0 Å². The molecule has 3 nitrogen and oxygen atoms in total. The lowest BCUT2D eigenvalue weighted by molar-refractivity contribution is 0.134. The zero-order valence-electron chi connectivity index (χ0n) is 27.0. The van der Waals surface area contributed by atoms with Crippen molar-refractivity contribution < 1.29 is 4.74 Å². The van der Waals surface area contributed by atoms with E-state index in [2.05, 4.69) is 112 Å². The van der Waals surface area contributed by atoms with E-state index in [4.69, 9.17) is 4.74 Å². The molecule has 41 heavy (non-hydrogen) atoms. The maximum Gasteiger partial charge on any atom is 0.119 e. The number of nitrogens with zero attached hydrogens (tertiary/aromatic N) is 2. The Labute approximate surface area is 257 Å². The molecule has 1 saturated heterocycles. The summed E-state index contributed by atoms with van der Waals surface area (Å²) in [6.45, 7) is 18.3. The molecule has 228 valence electrons. The summed E-state index contributed by atoms with van der Waals surface area (Å²) >= 11 is 2.03. The largest absolute Gasteiger partial charge is 0.492 e. The first-order chi connectivity index (χ1) is 19.7. The first kappa shape index (κ1) is 33.7. The molecule has 3 rings (SSSR count). The third kappa shape index (κ3) is 13.8. The Kier molecular flexibility index (Phi) is 14.8. The first-order valence-corrected chi connectivity index (χ1v) is 17.1. The van der Waals surface area contributed by atoms with Crippen LogP contribution in [-0.2, 0) is 6.42 Å². The fourth-order valence-electron chi connectivity index (χ4n) is 5.47. The summed E-state index contributed by atoms with van der Waals surface area (Å²) < 4.78 is 6.26. The predicted molar refractivity (Wildman–Crippen MR) is 181 cm³/mol. The van der Waals surface area contributed by atoms with Crippen molar-refractivity contribution in [2.45, 2.75) is 95.6 Å². The summed E-state index contributed by atoms with van der Waals surface area (Å²) in [4.78, 5) is 6.25. The van der Waals surface area contributed by atoms with Gasteiger partial charge in [0.1, 0.15) is 12.4 Å². The van der Waals surface area contributed by atoms with Crippen LogP contribution in [-0.4, -0.2) is 60.9 Å². The Morgan fingerprint density at radius 3 is 2.22 bits per heavy atom. The summed E-state index contributed by atoms with van der Waals surface area (Å²) in [6, 6.07) is 17.7. The van der Waals surface area contributed by atoms with Crippen molar-refractivity contribution in [3.63, 3.8) is 0 Å². The molecule has 0 saturated carbocycles. The number of thioether (sulfide) groups is 1. The molecule has 1 aliphatic rings. The number of piperazine rings is 1. The van der Waals surface area contributed by atoms with Gasteiger partial charge in [-0.1, -0.05) is 110 Å². The highest BCUT2D eigenvalue weighted by Gasteiger charge is 2.19. The molecule has 0 radical (unpaired) electrons. The van der Waals surface area contributed by atoms with Gasteiger partial charge in [0, 0.05) is 42.4 Å². The van der Waals surface area contributed by atoms with E-state index >= 15 is 0 Å². The van der Waals surface area contributed by atoms with Crippen molar-refractivity contribution in [3.8, 4) is 5.75 Å². The highest BCUT2D eigenvalue weighted by atomic mass is 32.2. The summed E-state index contributed by atoms with van der Waals surface area (Å²) in [5.74, 6) is 2.71. The molecule has 1 fully saturated rings. The zero-order chi connectivity index (χ0) is 29.5. The summed E-state index contributed by atoms with van der Waals surface area (Å²) in [5, 5.41) is 0. The van der Waals surface area contributed by atoms with E-state index < -0.39 is 0 Å². The van der Waals surface area contributed by atoms with E-state index in [1.807, 2.05) is 11.8 Å². The molecule has 0 N–H and O–H groups in total. The van der Waals surface area contributed by atoms with Crippen LogP contribution in [0.5, 0.6) is 5.75 Å².